The van der Waals surface area contributed by atoms with Crippen LogP contribution in [-0.4, -0.2) is 41.9 Å². The van der Waals surface area contributed by atoms with E-state index in [0.717, 1.165) is 0 Å². The van der Waals surface area contributed by atoms with Crippen LogP contribution in [0.5, 0.6) is 0 Å². The maximum Gasteiger partial charge on any atom is 0.243 e. The Kier molecular flexibility index (Phi) is 4.82. The van der Waals surface area contributed by atoms with Crippen LogP contribution in [0, 0.1) is 0 Å². The molecular formula is C11H20N2O3S. The zero-order chi connectivity index (χ0) is 13.1. The fourth-order valence-corrected chi connectivity index (χ4v) is 1.85. The first kappa shape index (κ1) is 14.3. The molecule has 1 aliphatic rings. The minimum Gasteiger partial charge on any atom is -0.371 e. The maximum absolute atomic E-state index is 12.0. The summed E-state index contributed by atoms with van der Waals surface area (Å²) in [6.45, 7) is 5.89. The number of hydrogen-bond donors (Lipinski definition) is 3. The predicted molar refractivity (Wildman–Crippen MR) is 68.0 cm³/mol. The highest BCUT2D eigenvalue weighted by atomic mass is 32.1. The standard InChI is InChI=1S/C11H20N2O3S/c1-7(14)12-8(4-5-17)10(15)13-11(2,3)9-6-16-9/h8-9,17H,4-6H2,1-3H3,(H,12,14)(H,13,15). The minimum atomic E-state index is -0.525. The molecule has 2 amide bonds. The van der Waals surface area contributed by atoms with Crippen molar-refractivity contribution in [2.24, 2.45) is 0 Å². The van der Waals surface area contributed by atoms with Gasteiger partial charge < -0.3 is 15.4 Å². The van der Waals surface area contributed by atoms with E-state index < -0.39 is 11.6 Å². The quantitative estimate of drug-likeness (QED) is 0.469. The van der Waals surface area contributed by atoms with Gasteiger partial charge in [-0.05, 0) is 26.0 Å². The molecule has 1 fully saturated rings. The van der Waals surface area contributed by atoms with E-state index in [0.29, 0.717) is 18.8 Å². The van der Waals surface area contributed by atoms with E-state index in [9.17, 15) is 9.59 Å². The number of hydrogen-bond acceptors (Lipinski definition) is 4. The Labute approximate surface area is 107 Å². The van der Waals surface area contributed by atoms with Gasteiger partial charge in [-0.3, -0.25) is 9.59 Å². The van der Waals surface area contributed by atoms with Crippen LogP contribution in [0.4, 0.5) is 0 Å². The van der Waals surface area contributed by atoms with Crippen LogP contribution < -0.4 is 10.6 Å². The van der Waals surface area contributed by atoms with Gasteiger partial charge in [0.25, 0.3) is 0 Å². The molecule has 98 valence electrons. The van der Waals surface area contributed by atoms with Gasteiger partial charge >= 0.3 is 0 Å². The number of carbonyl (C=O) groups excluding carboxylic acids is 2. The van der Waals surface area contributed by atoms with Crippen LogP contribution in [0.2, 0.25) is 0 Å². The van der Waals surface area contributed by atoms with E-state index in [-0.39, 0.29) is 17.9 Å². The van der Waals surface area contributed by atoms with Gasteiger partial charge in [0.1, 0.15) is 12.1 Å². The number of nitrogens with one attached hydrogen (secondary N) is 2. The van der Waals surface area contributed by atoms with Crippen LogP contribution in [-0.2, 0) is 14.3 Å². The molecule has 1 heterocycles. The largest absolute Gasteiger partial charge is 0.371 e. The second kappa shape index (κ2) is 5.73. The Balaban J connectivity index is 2.54. The summed E-state index contributed by atoms with van der Waals surface area (Å²) in [6.07, 6.45) is 0.580. The summed E-state index contributed by atoms with van der Waals surface area (Å²) >= 11 is 4.09. The first-order valence-electron chi connectivity index (χ1n) is 5.68. The average Bonchev–Trinajstić information content (AvgIpc) is 2.98. The maximum atomic E-state index is 12.0. The molecule has 0 aromatic rings. The molecule has 0 radical (unpaired) electrons. The van der Waals surface area contributed by atoms with Gasteiger partial charge in [0.2, 0.25) is 11.8 Å². The van der Waals surface area contributed by atoms with Gasteiger partial charge in [-0.25, -0.2) is 0 Å². The topological polar surface area (TPSA) is 70.7 Å². The molecule has 17 heavy (non-hydrogen) atoms. The Morgan fingerprint density at radius 1 is 1.53 bits per heavy atom. The number of rotatable bonds is 6. The van der Waals surface area contributed by atoms with Crippen molar-refractivity contribution in [1.29, 1.82) is 0 Å². The van der Waals surface area contributed by atoms with Crippen LogP contribution in [0.1, 0.15) is 27.2 Å². The lowest BCUT2D eigenvalue weighted by atomic mass is 10.0. The van der Waals surface area contributed by atoms with Crippen LogP contribution in [0.25, 0.3) is 0 Å². The SMILES string of the molecule is CC(=O)NC(CCS)C(=O)NC(C)(C)C1CO1. The molecule has 0 aromatic carbocycles. The zero-order valence-corrected chi connectivity index (χ0v) is 11.3. The van der Waals surface area contributed by atoms with Crippen molar-refractivity contribution in [3.8, 4) is 0 Å². The highest BCUT2D eigenvalue weighted by Gasteiger charge is 2.41. The van der Waals surface area contributed by atoms with E-state index in [4.69, 9.17) is 4.74 Å². The second-order valence-electron chi connectivity index (χ2n) is 4.80. The third-order valence-corrected chi connectivity index (χ3v) is 2.95. The fourth-order valence-electron chi connectivity index (χ4n) is 1.59. The molecule has 2 atom stereocenters. The molecule has 1 saturated heterocycles. The summed E-state index contributed by atoms with van der Waals surface area (Å²) in [5.41, 5.74) is -0.398. The highest BCUT2D eigenvalue weighted by Crippen LogP contribution is 2.23. The van der Waals surface area contributed by atoms with Crippen LogP contribution >= 0.6 is 12.6 Å². The fraction of sp³-hybridized carbons (Fsp3) is 0.818. The van der Waals surface area contributed by atoms with Gasteiger partial charge in [0.15, 0.2) is 0 Å². The van der Waals surface area contributed by atoms with Crippen molar-refractivity contribution >= 4 is 24.4 Å². The Morgan fingerprint density at radius 2 is 2.12 bits per heavy atom. The first-order chi connectivity index (χ1) is 7.86. The van der Waals surface area contributed by atoms with E-state index >= 15 is 0 Å². The monoisotopic (exact) mass is 260 g/mol. The third kappa shape index (κ3) is 4.55. The molecule has 1 rings (SSSR count). The van der Waals surface area contributed by atoms with Crippen molar-refractivity contribution in [3.63, 3.8) is 0 Å². The smallest absolute Gasteiger partial charge is 0.243 e. The molecule has 0 saturated carbocycles. The van der Waals surface area contributed by atoms with Crippen molar-refractivity contribution in [2.75, 3.05) is 12.4 Å². The lowest BCUT2D eigenvalue weighted by molar-refractivity contribution is -0.129. The molecule has 0 spiro atoms. The Hall–Kier alpha value is -0.750. The third-order valence-electron chi connectivity index (χ3n) is 2.70. The van der Waals surface area contributed by atoms with Gasteiger partial charge in [-0.1, -0.05) is 0 Å². The number of ether oxygens (including phenoxy) is 1. The van der Waals surface area contributed by atoms with Crippen LogP contribution in [0.15, 0.2) is 0 Å². The predicted octanol–water partition coefficient (Wildman–Crippen LogP) is 0.105. The molecule has 6 heteroatoms. The number of thiol groups is 1. The van der Waals surface area contributed by atoms with Crippen molar-refractivity contribution in [2.45, 2.75) is 44.9 Å². The van der Waals surface area contributed by atoms with Gasteiger partial charge in [-0.15, -0.1) is 0 Å². The summed E-state index contributed by atoms with van der Waals surface area (Å²) in [4.78, 5) is 23.0. The summed E-state index contributed by atoms with van der Waals surface area (Å²) in [7, 11) is 0. The summed E-state index contributed by atoms with van der Waals surface area (Å²) in [5.74, 6) is 0.140. The number of carbonyl (C=O) groups is 2. The van der Waals surface area contributed by atoms with Crippen molar-refractivity contribution in [1.82, 2.24) is 10.6 Å². The average molecular weight is 260 g/mol. The highest BCUT2D eigenvalue weighted by molar-refractivity contribution is 7.80. The van der Waals surface area contributed by atoms with Gasteiger partial charge in [-0.2, -0.15) is 12.6 Å². The molecule has 2 N–H and O–H groups in total. The van der Waals surface area contributed by atoms with Gasteiger partial charge in [0.05, 0.1) is 12.1 Å². The molecule has 5 nitrogen and oxygen atoms in total. The number of amides is 2. The summed E-state index contributed by atoms with van der Waals surface area (Å²) in [5, 5.41) is 5.52. The van der Waals surface area contributed by atoms with E-state index in [1.165, 1.54) is 6.92 Å². The van der Waals surface area contributed by atoms with Gasteiger partial charge in [0, 0.05) is 6.92 Å². The first-order valence-corrected chi connectivity index (χ1v) is 6.31. The molecule has 0 aliphatic carbocycles. The number of epoxide rings is 1. The van der Waals surface area contributed by atoms with Crippen molar-refractivity contribution in [3.05, 3.63) is 0 Å². The Bertz CT molecular complexity index is 303. The lowest BCUT2D eigenvalue weighted by Gasteiger charge is -2.27. The van der Waals surface area contributed by atoms with E-state index in [1.807, 2.05) is 13.8 Å². The van der Waals surface area contributed by atoms with Crippen LogP contribution in [0.3, 0.4) is 0 Å². The minimum absolute atomic E-state index is 0.0698. The summed E-state index contributed by atoms with van der Waals surface area (Å²) in [6, 6.07) is -0.525. The molecule has 0 bridgehead atoms. The second-order valence-corrected chi connectivity index (χ2v) is 5.25. The lowest BCUT2D eigenvalue weighted by Crippen LogP contribution is -2.55. The van der Waals surface area contributed by atoms with E-state index in [2.05, 4.69) is 23.3 Å². The zero-order valence-electron chi connectivity index (χ0n) is 10.4. The molecule has 1 aliphatic heterocycles. The van der Waals surface area contributed by atoms with Crippen molar-refractivity contribution < 1.29 is 14.3 Å². The molecule has 2 unspecified atom stereocenters. The molecular weight excluding hydrogens is 240 g/mol. The molecule has 0 aromatic heterocycles. The normalized spacial score (nSPS) is 20.6. The van der Waals surface area contributed by atoms with E-state index in [1.54, 1.807) is 0 Å². The Morgan fingerprint density at radius 3 is 2.53 bits per heavy atom. The summed E-state index contributed by atoms with van der Waals surface area (Å²) < 4.78 is 5.18.